The van der Waals surface area contributed by atoms with Crippen molar-refractivity contribution in [3.8, 4) is 0 Å². The molecule has 8 heteroatoms. The Hall–Kier alpha value is -3.68. The summed E-state index contributed by atoms with van der Waals surface area (Å²) in [5, 5.41) is 2.95. The fourth-order valence-corrected chi connectivity index (χ4v) is 4.11. The molecule has 35 heavy (non-hydrogen) atoms. The van der Waals surface area contributed by atoms with Crippen LogP contribution in [0.2, 0.25) is 0 Å². The molecule has 1 aliphatic heterocycles. The quantitative estimate of drug-likeness (QED) is 0.558. The van der Waals surface area contributed by atoms with Gasteiger partial charge in [-0.05, 0) is 37.5 Å². The molecule has 1 heterocycles. The molecule has 1 fully saturated rings. The lowest BCUT2D eigenvalue weighted by molar-refractivity contribution is -0.151. The molecule has 3 amide bonds. The lowest BCUT2D eigenvalue weighted by Crippen LogP contribution is -2.46. The Balaban J connectivity index is 1.57. The molecule has 0 aromatic heterocycles. The zero-order chi connectivity index (χ0) is 25.2. The van der Waals surface area contributed by atoms with Crippen LogP contribution in [0, 0.1) is 5.92 Å². The summed E-state index contributed by atoms with van der Waals surface area (Å²) in [6.07, 6.45) is 1.14. The maximum Gasteiger partial charge on any atom is 0.309 e. The molecule has 1 saturated heterocycles. The topological polar surface area (TPSA) is 96.0 Å². The number of amides is 3. The summed E-state index contributed by atoms with van der Waals surface area (Å²) in [7, 11) is 1.59. The number of carbonyl (C=O) groups is 4. The average molecular weight is 480 g/mol. The van der Waals surface area contributed by atoms with Gasteiger partial charge < -0.3 is 19.9 Å². The number of hydrogen-bond donors (Lipinski definition) is 1. The van der Waals surface area contributed by atoms with Gasteiger partial charge in [-0.3, -0.25) is 19.2 Å². The van der Waals surface area contributed by atoms with Crippen molar-refractivity contribution in [2.75, 3.05) is 33.3 Å². The van der Waals surface area contributed by atoms with Crippen molar-refractivity contribution < 1.29 is 23.9 Å². The summed E-state index contributed by atoms with van der Waals surface area (Å²) in [5.74, 6) is -1.07. The Bertz CT molecular complexity index is 1000. The van der Waals surface area contributed by atoms with Crippen molar-refractivity contribution >= 4 is 23.7 Å². The monoisotopic (exact) mass is 479 g/mol. The second kappa shape index (κ2) is 12.7. The highest BCUT2D eigenvalue weighted by molar-refractivity contribution is 5.95. The number of benzene rings is 2. The highest BCUT2D eigenvalue weighted by Gasteiger charge is 2.29. The van der Waals surface area contributed by atoms with E-state index in [0.717, 1.165) is 5.56 Å². The lowest BCUT2D eigenvalue weighted by Gasteiger charge is -2.32. The molecule has 186 valence electrons. The van der Waals surface area contributed by atoms with Crippen molar-refractivity contribution in [1.82, 2.24) is 15.1 Å². The Morgan fingerprint density at radius 1 is 1.00 bits per heavy atom. The van der Waals surface area contributed by atoms with Crippen LogP contribution in [-0.2, 0) is 19.1 Å². The fourth-order valence-electron chi connectivity index (χ4n) is 4.11. The predicted octanol–water partition coefficient (Wildman–Crippen LogP) is 2.81. The number of likely N-dealkylation sites (N-methyl/N-ethyl adjacent to an activating group) is 1. The number of hydrogen-bond acceptors (Lipinski definition) is 5. The van der Waals surface area contributed by atoms with E-state index in [4.69, 9.17) is 4.74 Å². The number of likely N-dealkylation sites (tertiary alicyclic amines) is 1. The molecule has 3 rings (SSSR count). The molecule has 0 saturated carbocycles. The van der Waals surface area contributed by atoms with E-state index in [1.165, 1.54) is 4.90 Å². The van der Waals surface area contributed by atoms with Crippen molar-refractivity contribution in [1.29, 1.82) is 0 Å². The molecule has 1 atom stereocenters. The van der Waals surface area contributed by atoms with Gasteiger partial charge in [-0.2, -0.15) is 0 Å². The number of rotatable bonds is 9. The molecule has 0 radical (unpaired) electrons. The molecule has 0 spiro atoms. The van der Waals surface area contributed by atoms with E-state index in [1.807, 2.05) is 36.4 Å². The number of esters is 1. The van der Waals surface area contributed by atoms with Crippen molar-refractivity contribution in [3.05, 3.63) is 71.8 Å². The standard InChI is InChI=1S/C27H33N3O5/c1-3-35-27(34)22-14-16-30(17-15-22)25(32)19-29(2)24(31)18-23(20-10-6-4-7-11-20)28-26(33)21-12-8-5-9-13-21/h4-13,22-23H,3,14-19H2,1-2H3,(H,28,33). The van der Waals surface area contributed by atoms with Gasteiger partial charge in [0.05, 0.1) is 31.5 Å². The van der Waals surface area contributed by atoms with Crippen LogP contribution in [0.15, 0.2) is 60.7 Å². The zero-order valence-corrected chi connectivity index (χ0v) is 20.3. The zero-order valence-electron chi connectivity index (χ0n) is 20.3. The third-order valence-electron chi connectivity index (χ3n) is 6.19. The van der Waals surface area contributed by atoms with Gasteiger partial charge in [-0.15, -0.1) is 0 Å². The second-order valence-electron chi connectivity index (χ2n) is 8.66. The Kier molecular flexibility index (Phi) is 9.40. The average Bonchev–Trinajstić information content (AvgIpc) is 2.89. The maximum atomic E-state index is 13.0. The maximum absolute atomic E-state index is 13.0. The number of piperidine rings is 1. The Labute approximate surface area is 206 Å². The fraction of sp³-hybridized carbons (Fsp3) is 0.407. The lowest BCUT2D eigenvalue weighted by atomic mass is 9.97. The third-order valence-corrected chi connectivity index (χ3v) is 6.19. The van der Waals surface area contributed by atoms with Gasteiger partial charge in [0.1, 0.15) is 0 Å². The van der Waals surface area contributed by atoms with E-state index in [1.54, 1.807) is 43.1 Å². The molecule has 8 nitrogen and oxygen atoms in total. The summed E-state index contributed by atoms with van der Waals surface area (Å²) in [4.78, 5) is 53.5. The highest BCUT2D eigenvalue weighted by Crippen LogP contribution is 2.20. The molecule has 1 N–H and O–H groups in total. The van der Waals surface area contributed by atoms with E-state index in [-0.39, 0.29) is 42.6 Å². The van der Waals surface area contributed by atoms with Crippen LogP contribution in [0.1, 0.15) is 48.1 Å². The highest BCUT2D eigenvalue weighted by atomic mass is 16.5. The molecule has 1 unspecified atom stereocenters. The molecule has 2 aromatic carbocycles. The van der Waals surface area contributed by atoms with Crippen molar-refractivity contribution in [2.45, 2.75) is 32.2 Å². The van der Waals surface area contributed by atoms with Gasteiger partial charge >= 0.3 is 5.97 Å². The minimum Gasteiger partial charge on any atom is -0.466 e. The summed E-state index contributed by atoms with van der Waals surface area (Å²) >= 11 is 0. The number of ether oxygens (including phenoxy) is 1. The Morgan fingerprint density at radius 2 is 1.60 bits per heavy atom. The molecule has 0 aliphatic carbocycles. The van der Waals surface area contributed by atoms with Gasteiger partial charge in [0, 0.05) is 25.7 Å². The number of carbonyl (C=O) groups excluding carboxylic acids is 4. The first-order chi connectivity index (χ1) is 16.9. The van der Waals surface area contributed by atoms with Gasteiger partial charge in [-0.1, -0.05) is 48.5 Å². The third kappa shape index (κ3) is 7.40. The van der Waals surface area contributed by atoms with Crippen molar-refractivity contribution in [2.24, 2.45) is 5.92 Å². The van der Waals surface area contributed by atoms with Crippen LogP contribution in [0.3, 0.4) is 0 Å². The number of nitrogens with one attached hydrogen (secondary N) is 1. The SMILES string of the molecule is CCOC(=O)C1CCN(C(=O)CN(C)C(=O)CC(NC(=O)c2ccccc2)c2ccccc2)CC1. The van der Waals surface area contributed by atoms with Crippen LogP contribution in [0.5, 0.6) is 0 Å². The van der Waals surface area contributed by atoms with Crippen LogP contribution < -0.4 is 5.32 Å². The normalized spacial score (nSPS) is 14.6. The summed E-state index contributed by atoms with van der Waals surface area (Å²) in [6, 6.07) is 17.6. The van der Waals surface area contributed by atoms with Gasteiger partial charge in [0.2, 0.25) is 11.8 Å². The smallest absolute Gasteiger partial charge is 0.309 e. The van der Waals surface area contributed by atoms with E-state index in [0.29, 0.717) is 38.1 Å². The molecule has 0 bridgehead atoms. The summed E-state index contributed by atoms with van der Waals surface area (Å²) in [5.41, 5.74) is 1.32. The second-order valence-corrected chi connectivity index (χ2v) is 8.66. The van der Waals surface area contributed by atoms with E-state index >= 15 is 0 Å². The van der Waals surface area contributed by atoms with E-state index in [9.17, 15) is 19.2 Å². The first kappa shape index (κ1) is 25.9. The Morgan fingerprint density at radius 3 is 2.20 bits per heavy atom. The van der Waals surface area contributed by atoms with Gasteiger partial charge in [-0.25, -0.2) is 0 Å². The minimum atomic E-state index is -0.533. The first-order valence-corrected chi connectivity index (χ1v) is 12.0. The van der Waals surface area contributed by atoms with Crippen LogP contribution in [0.25, 0.3) is 0 Å². The first-order valence-electron chi connectivity index (χ1n) is 12.0. The number of nitrogens with zero attached hydrogens (tertiary/aromatic N) is 2. The largest absolute Gasteiger partial charge is 0.466 e. The molecular weight excluding hydrogens is 446 g/mol. The molecule has 2 aromatic rings. The molecule has 1 aliphatic rings. The van der Waals surface area contributed by atoms with E-state index < -0.39 is 6.04 Å². The van der Waals surface area contributed by atoms with Gasteiger partial charge in [0.15, 0.2) is 0 Å². The van der Waals surface area contributed by atoms with Crippen LogP contribution in [0.4, 0.5) is 0 Å². The summed E-state index contributed by atoms with van der Waals surface area (Å²) < 4.78 is 5.08. The minimum absolute atomic E-state index is 0.0251. The molecular formula is C27H33N3O5. The summed E-state index contributed by atoms with van der Waals surface area (Å²) in [6.45, 7) is 2.99. The predicted molar refractivity (Wildman–Crippen MR) is 131 cm³/mol. The van der Waals surface area contributed by atoms with Crippen molar-refractivity contribution in [3.63, 3.8) is 0 Å². The van der Waals surface area contributed by atoms with E-state index in [2.05, 4.69) is 5.32 Å². The van der Waals surface area contributed by atoms with Crippen LogP contribution >= 0.6 is 0 Å². The van der Waals surface area contributed by atoms with Crippen LogP contribution in [-0.4, -0.2) is 66.8 Å². The van der Waals surface area contributed by atoms with Gasteiger partial charge in [0.25, 0.3) is 5.91 Å².